The zero-order valence-electron chi connectivity index (χ0n) is 77.8. The van der Waals surface area contributed by atoms with Crippen molar-refractivity contribution in [1.82, 2.24) is 50.2 Å². The molecule has 0 bridgehead atoms. The number of terminal acetylenes is 1. The zero-order chi connectivity index (χ0) is 103. The molecule has 29 nitrogen and oxygen atoms in total. The number of carbonyl (C=O) groups is 6. The second-order valence-electron chi connectivity index (χ2n) is 28.8. The number of aromatic nitrogens is 10. The van der Waals surface area contributed by atoms with Gasteiger partial charge < -0.3 is 49.3 Å². The summed E-state index contributed by atoms with van der Waals surface area (Å²) in [4.78, 5) is 70.2. The molecule has 3 N–H and O–H groups in total. The minimum atomic E-state index is -6.15. The largest absolute Gasteiger partial charge is 1.00 e. The van der Waals surface area contributed by atoms with Gasteiger partial charge in [-0.2, -0.15) is 86.6 Å². The van der Waals surface area contributed by atoms with E-state index in [0.717, 1.165) is 114 Å². The Hall–Kier alpha value is -6.12. The molecular formula is C88H88BBr2ClCs2F12N10O19S7. The minimum Gasteiger partial charge on any atom is -1.00 e. The van der Waals surface area contributed by atoms with E-state index in [4.69, 9.17) is 65.8 Å². The number of benzene rings is 2. The Kier molecular flexibility index (Phi) is 54.9. The minimum absolute atomic E-state index is 0. The first-order valence-corrected chi connectivity index (χ1v) is 49.7. The Morgan fingerprint density at radius 1 is 0.577 bits per heavy atom. The monoisotopic (exact) mass is 2510 g/mol. The molecule has 0 saturated carbocycles. The van der Waals surface area contributed by atoms with Crippen LogP contribution in [0.3, 0.4) is 0 Å². The van der Waals surface area contributed by atoms with Crippen LogP contribution in [0.2, 0.25) is 0 Å². The van der Waals surface area contributed by atoms with Crippen LogP contribution in [0.25, 0.3) is 64.0 Å². The van der Waals surface area contributed by atoms with Gasteiger partial charge in [-0.15, -0.1) is 74.4 Å². The van der Waals surface area contributed by atoms with Crippen molar-refractivity contribution in [2.24, 2.45) is 0 Å². The van der Waals surface area contributed by atoms with Crippen LogP contribution < -0.4 is 158 Å². The van der Waals surface area contributed by atoms with Crippen LogP contribution >= 0.6 is 111 Å². The van der Waals surface area contributed by atoms with E-state index >= 15 is 0 Å². The van der Waals surface area contributed by atoms with E-state index in [2.05, 4.69) is 121 Å². The summed E-state index contributed by atoms with van der Waals surface area (Å²) < 4.78 is 213. The molecule has 0 aliphatic carbocycles. The fourth-order valence-corrected chi connectivity index (χ4v) is 17.8. The summed E-state index contributed by atoms with van der Waals surface area (Å²) in [5, 5.41) is 48.0. The van der Waals surface area contributed by atoms with Crippen molar-refractivity contribution in [3.8, 4) is 87.8 Å². The predicted octanol–water partition coefficient (Wildman–Crippen LogP) is 16.0. The van der Waals surface area contributed by atoms with Crippen molar-refractivity contribution in [3.05, 3.63) is 207 Å². The normalized spacial score (nSPS) is 13.1. The van der Waals surface area contributed by atoms with Crippen LogP contribution in [-0.4, -0.2) is 190 Å². The van der Waals surface area contributed by atoms with Gasteiger partial charge in [0.05, 0.1) is 74.0 Å². The van der Waals surface area contributed by atoms with Crippen LogP contribution in [0, 0.1) is 12.3 Å². The molecule has 1 fully saturated rings. The molecule has 13 aromatic rings. The third kappa shape index (κ3) is 40.1. The van der Waals surface area contributed by atoms with Crippen molar-refractivity contribution >= 4 is 171 Å². The number of aromatic amines is 3. The van der Waals surface area contributed by atoms with Crippen LogP contribution in [0.4, 0.5) is 52.7 Å². The number of hydrogen-bond donors (Lipinski definition) is 3. The van der Waals surface area contributed by atoms with E-state index in [9.17, 15) is 85.1 Å². The summed E-state index contributed by atoms with van der Waals surface area (Å²) in [5.41, 5.74) is 2.93. The number of alkyl halides is 12. The van der Waals surface area contributed by atoms with Gasteiger partial charge in [-0.25, -0.2) is 0 Å². The Balaban J connectivity index is 0.000000339. The summed E-state index contributed by atoms with van der Waals surface area (Å²) >= 11 is 20.5. The van der Waals surface area contributed by atoms with Crippen LogP contribution in [0.15, 0.2) is 163 Å². The standard InChI is InChI=1S/C19H15F3N2O2S.C15H21BO3.C12H16N2O2S.C10H6BrF3N2OS.C8H5BrN2OS.C8H6N2OS.C7H12O2.C5H3ClOS.C3H2F6O3S.CH2O3.2Cs.H/c20-19(21,22)11-24-14(10-25)17(18(23-24)16-4-2-8-27-16)13-5-6-15-12(9-13)3-1-7-26-15;1-14(2)15(3,4)19-16(18-14)12-7-8-13-11(10-12)6-5-9-17-13;1-3-15-12(16-4-2)10-8-9(13-14-10)11-6-5-7-17-11;11-8-6(4-17)16(5-10(12,13)14)15-9(8)7-2-1-3-18-7;9-7-5(4-12)10-11-8(7)6-2-1-3-13-6;11-5-6-4-7(10-9-6)8-2-1-3-12-8;1-4-7(8-5-2)9-6-3;6-5(7)4-2-1-3-8-4;4-2(5,6)1-12-13(10,11)3(7,8)9;2-1-4-3;;;/h2,4-6,8-10H,1,3,7,11H2;7-8,10H,5-6,9H2,1-4H3;5-8,12H,3-4H2,1-2H3,(H,13,14);1-4H,5H2;1-4H,(H,10,11);1-5H,(H,9,10);1,7H,5-6H2,2-3H3;1-3H;1H2;1,3H;;;/q;;;;;;;;;;2*+1;-1/p-1. The van der Waals surface area contributed by atoms with Gasteiger partial charge in [-0.05, 0) is 252 Å². The van der Waals surface area contributed by atoms with Crippen molar-refractivity contribution in [2.45, 2.75) is 142 Å². The molecule has 54 heteroatoms. The van der Waals surface area contributed by atoms with Gasteiger partial charge >= 0.3 is 179 Å². The third-order valence-corrected chi connectivity index (χ3v) is 26.7. The second-order valence-corrected chi connectivity index (χ2v) is 38.1. The number of hydrogen-bond acceptors (Lipinski definition) is 30. The number of aldehydes is 4. The Morgan fingerprint density at radius 3 is 1.44 bits per heavy atom. The summed E-state index contributed by atoms with van der Waals surface area (Å²) in [6.45, 7) is 14.6. The number of ether oxygens (including phenoxy) is 6. The van der Waals surface area contributed by atoms with Crippen molar-refractivity contribution in [1.29, 1.82) is 0 Å². The fraction of sp³-hybridized carbons (Fsp3) is 0.330. The molecule has 14 heterocycles. The van der Waals surface area contributed by atoms with E-state index in [1.54, 1.807) is 94.0 Å². The molecule has 11 aromatic heterocycles. The first kappa shape index (κ1) is 126. The maximum Gasteiger partial charge on any atom is 1.00 e. The van der Waals surface area contributed by atoms with E-state index in [1.165, 1.54) is 39.6 Å². The first-order valence-electron chi connectivity index (χ1n) is 41.0. The van der Waals surface area contributed by atoms with Gasteiger partial charge in [-0.1, -0.05) is 54.6 Å². The maximum atomic E-state index is 13.0. The van der Waals surface area contributed by atoms with E-state index in [0.29, 0.717) is 98.8 Å². The summed E-state index contributed by atoms with van der Waals surface area (Å²) in [7, 11) is -6.43. The molecule has 0 atom stereocenters. The van der Waals surface area contributed by atoms with Crippen LogP contribution in [-0.2, 0) is 78.2 Å². The number of nitrogens with zero attached hydrogens (tertiary/aromatic N) is 7. The van der Waals surface area contributed by atoms with Gasteiger partial charge in [0.1, 0.15) is 70.1 Å². The smallest absolute Gasteiger partial charge is 1.00 e. The van der Waals surface area contributed by atoms with Crippen molar-refractivity contribution in [3.63, 3.8) is 0 Å². The number of aryl methyl sites for hydroxylation is 2. The van der Waals surface area contributed by atoms with Gasteiger partial charge in [0.2, 0.25) is 6.29 Å². The van der Waals surface area contributed by atoms with Gasteiger partial charge in [0.25, 0.3) is 11.7 Å². The molecule has 0 unspecified atom stereocenters. The maximum absolute atomic E-state index is 13.0. The number of rotatable bonds is 26. The van der Waals surface area contributed by atoms with Crippen molar-refractivity contribution < 1.29 is 281 Å². The number of fused-ring (bicyclic) bond motifs is 2. The van der Waals surface area contributed by atoms with E-state index in [1.807, 2.05) is 115 Å². The number of H-pyrrole nitrogens is 3. The number of halogens is 15. The van der Waals surface area contributed by atoms with E-state index in [-0.39, 0.29) is 191 Å². The topological polar surface area (TPSA) is 374 Å². The molecule has 756 valence electrons. The molecule has 0 spiro atoms. The Morgan fingerprint density at radius 2 is 1.03 bits per heavy atom. The summed E-state index contributed by atoms with van der Waals surface area (Å²) in [6, 6.07) is 37.8. The molecule has 3 aliphatic rings. The van der Waals surface area contributed by atoms with Gasteiger partial charge in [0.15, 0.2) is 38.0 Å². The molecule has 142 heavy (non-hydrogen) atoms. The molecule has 0 radical (unpaired) electrons. The zero-order valence-corrected chi connectivity index (χ0v) is 99.0. The predicted molar refractivity (Wildman–Crippen MR) is 513 cm³/mol. The van der Waals surface area contributed by atoms with Gasteiger partial charge in [-0.3, -0.25) is 57.6 Å². The second kappa shape index (κ2) is 61.7. The summed E-state index contributed by atoms with van der Waals surface area (Å²) in [5.74, 6) is 4.14. The molecule has 0 amide bonds. The van der Waals surface area contributed by atoms with Gasteiger partial charge in [0, 0.05) is 32.0 Å². The Labute approximate surface area is 972 Å². The molecule has 3 aliphatic heterocycles. The molecular weight excluding hydrogens is 2430 g/mol. The summed E-state index contributed by atoms with van der Waals surface area (Å²) in [6.07, 6.45) is -3.63. The third-order valence-electron chi connectivity index (χ3n) is 18.5. The fourth-order valence-electron chi connectivity index (χ4n) is 11.7. The molecule has 1 saturated heterocycles. The number of nitrogens with one attached hydrogen (secondary N) is 3. The van der Waals surface area contributed by atoms with Crippen molar-refractivity contribution in [2.75, 3.05) is 46.2 Å². The molecule has 16 rings (SSSR count). The number of thiophene rings is 6. The van der Waals surface area contributed by atoms with E-state index < -0.39 is 60.1 Å². The average Bonchev–Trinajstić information content (AvgIpc) is 1.62. The SMILES string of the molecule is C#CC(OCC)OCC.CC1(C)OB(c2ccc3c(c2)CCCO3)OC1(C)C.CCOC(OCC)c1cc(-c2cccs2)n[nH]1.O=C(Cl)c1cccs1.O=CO[O-].O=Cc1[nH]nc(-c2cccs2)c1Br.O=Cc1c(-c2ccc3c(c2)CCCO3)c(-c2cccs2)nn1CC(F)(F)F.O=Cc1c(Br)c(-c2cccs2)nn1CC(F)(F)F.O=Cc1cc(-c2cccs2)n[nH]1.O=S(=O)(OCC(F)(F)F)C(F)(F)F.[Cs+].[Cs+].[H-]. The Bertz CT molecular complexity index is 6130. The first-order chi connectivity index (χ1) is 66.4. The van der Waals surface area contributed by atoms with Crippen LogP contribution in [0.1, 0.15) is 144 Å². The molecule has 2 aromatic carbocycles. The average molecular weight is 2510 g/mol. The number of carbonyl (C=O) groups excluding carboxylic acids is 6. The van der Waals surface area contributed by atoms with Crippen LogP contribution in [0.5, 0.6) is 11.5 Å². The quantitative estimate of drug-likeness (QED) is 0.00433.